The molecule has 0 heterocycles. The number of phenols is 1. The molecule has 0 saturated carbocycles. The number of aliphatic hydroxyl groups excluding tert-OH is 1. The van der Waals surface area contributed by atoms with Crippen molar-refractivity contribution < 1.29 is 15.1 Å². The second kappa shape index (κ2) is 5.26. The summed E-state index contributed by atoms with van der Waals surface area (Å²) in [5.74, 6) is -0.00980. The van der Waals surface area contributed by atoms with Gasteiger partial charge in [0.2, 0.25) is 0 Å². The molecule has 2 rings (SSSR count). The van der Waals surface area contributed by atoms with E-state index >= 15 is 0 Å². The summed E-state index contributed by atoms with van der Waals surface area (Å²) in [6, 6.07) is 8.62. The van der Waals surface area contributed by atoms with Crippen LogP contribution in [0.15, 0.2) is 36.4 Å². The fourth-order valence-corrected chi connectivity index (χ4v) is 2.02. The zero-order valence-corrected chi connectivity index (χ0v) is 10.5. The zero-order chi connectivity index (χ0) is 14.0. The fourth-order valence-electron chi connectivity index (χ4n) is 1.86. The van der Waals surface area contributed by atoms with Crippen LogP contribution in [-0.4, -0.2) is 15.1 Å². The Kier molecular flexibility index (Phi) is 3.69. The summed E-state index contributed by atoms with van der Waals surface area (Å²) in [7, 11) is 0. The molecule has 2 aromatic carbocycles. The van der Waals surface area contributed by atoms with Crippen molar-refractivity contribution >= 4 is 17.3 Å². The van der Waals surface area contributed by atoms with Crippen molar-refractivity contribution in [3.05, 3.63) is 57.1 Å². The number of benzene rings is 2. The summed E-state index contributed by atoms with van der Waals surface area (Å²) in [6.07, 6.45) is 0. The fraction of sp³-hybridized carbons (Fsp3) is 0.0769. The first-order chi connectivity index (χ1) is 9.02. The number of nitrogens with zero attached hydrogens (tertiary/aromatic N) is 1. The smallest absolute Gasteiger partial charge is 0.278 e. The molecule has 0 fully saturated rings. The molecule has 2 aromatic rings. The Bertz CT molecular complexity index is 643. The van der Waals surface area contributed by atoms with Gasteiger partial charge in [-0.3, -0.25) is 10.1 Å². The topological polar surface area (TPSA) is 83.6 Å². The van der Waals surface area contributed by atoms with E-state index in [0.29, 0.717) is 16.7 Å². The summed E-state index contributed by atoms with van der Waals surface area (Å²) in [5.41, 5.74) is 1.10. The average molecular weight is 280 g/mol. The monoisotopic (exact) mass is 279 g/mol. The third-order valence-corrected chi connectivity index (χ3v) is 2.94. The van der Waals surface area contributed by atoms with Gasteiger partial charge in [0.05, 0.1) is 17.1 Å². The second-order valence-corrected chi connectivity index (χ2v) is 4.35. The molecule has 0 saturated heterocycles. The molecule has 0 atom stereocenters. The molecule has 0 aliphatic rings. The molecule has 5 nitrogen and oxygen atoms in total. The number of aliphatic hydroxyl groups is 1. The Labute approximate surface area is 113 Å². The van der Waals surface area contributed by atoms with Gasteiger partial charge in [0, 0.05) is 11.1 Å². The van der Waals surface area contributed by atoms with E-state index in [1.165, 1.54) is 36.4 Å². The Morgan fingerprint density at radius 1 is 1.16 bits per heavy atom. The van der Waals surface area contributed by atoms with Gasteiger partial charge in [-0.15, -0.1) is 0 Å². The lowest BCUT2D eigenvalue weighted by molar-refractivity contribution is -0.384. The second-order valence-electron chi connectivity index (χ2n) is 3.92. The highest BCUT2D eigenvalue weighted by atomic mass is 35.5. The molecule has 0 spiro atoms. The van der Waals surface area contributed by atoms with E-state index in [4.69, 9.17) is 11.6 Å². The van der Waals surface area contributed by atoms with Crippen LogP contribution >= 0.6 is 11.6 Å². The summed E-state index contributed by atoms with van der Waals surface area (Å²) >= 11 is 5.75. The first kappa shape index (κ1) is 13.3. The standard InChI is InChI=1S/C13H10ClNO4/c14-9-1-3-12(13(6-9)15(18)19)11-4-2-10(17)5-8(11)7-16/h1-6,16-17H,7H2. The molecule has 0 bridgehead atoms. The molecule has 0 radical (unpaired) electrons. The summed E-state index contributed by atoms with van der Waals surface area (Å²) in [5, 5.41) is 30.0. The van der Waals surface area contributed by atoms with Gasteiger partial charge in [0.25, 0.3) is 5.69 Å². The maximum Gasteiger partial charge on any atom is 0.278 e. The molecule has 6 heteroatoms. The van der Waals surface area contributed by atoms with Crippen LogP contribution in [0.4, 0.5) is 5.69 Å². The third-order valence-electron chi connectivity index (χ3n) is 2.71. The quantitative estimate of drug-likeness (QED) is 0.668. The highest BCUT2D eigenvalue weighted by Crippen LogP contribution is 2.35. The van der Waals surface area contributed by atoms with Gasteiger partial charge >= 0.3 is 0 Å². The van der Waals surface area contributed by atoms with Crippen molar-refractivity contribution in [3.63, 3.8) is 0 Å². The van der Waals surface area contributed by atoms with Crippen LogP contribution in [0.1, 0.15) is 5.56 Å². The van der Waals surface area contributed by atoms with Gasteiger partial charge in [0.1, 0.15) is 5.75 Å². The van der Waals surface area contributed by atoms with Crippen molar-refractivity contribution in [1.29, 1.82) is 0 Å². The molecular formula is C13H10ClNO4. The van der Waals surface area contributed by atoms with Crippen LogP contribution in [0.2, 0.25) is 5.02 Å². The van der Waals surface area contributed by atoms with Crippen molar-refractivity contribution in [2.45, 2.75) is 6.61 Å². The molecule has 0 aliphatic carbocycles. The number of nitro benzene ring substituents is 1. The Balaban J connectivity index is 2.68. The number of hydrogen-bond acceptors (Lipinski definition) is 4. The van der Waals surface area contributed by atoms with Crippen LogP contribution in [0.25, 0.3) is 11.1 Å². The summed E-state index contributed by atoms with van der Waals surface area (Å²) < 4.78 is 0. The molecule has 0 aliphatic heterocycles. The molecule has 98 valence electrons. The van der Waals surface area contributed by atoms with Gasteiger partial charge in [-0.1, -0.05) is 17.7 Å². The minimum absolute atomic E-state index is 0.00980. The van der Waals surface area contributed by atoms with Gasteiger partial charge in [-0.25, -0.2) is 0 Å². The molecule has 0 aromatic heterocycles. The predicted octanol–water partition coefficient (Wildman–Crippen LogP) is 3.11. The maximum absolute atomic E-state index is 11.0. The molecule has 0 unspecified atom stereocenters. The van der Waals surface area contributed by atoms with Gasteiger partial charge in [-0.2, -0.15) is 0 Å². The molecule has 2 N–H and O–H groups in total. The highest BCUT2D eigenvalue weighted by Gasteiger charge is 2.18. The summed E-state index contributed by atoms with van der Waals surface area (Å²) in [4.78, 5) is 10.5. The van der Waals surface area contributed by atoms with E-state index in [1.54, 1.807) is 0 Å². The predicted molar refractivity (Wildman–Crippen MR) is 71.1 cm³/mol. The van der Waals surface area contributed by atoms with Crippen LogP contribution in [0.3, 0.4) is 0 Å². The lowest BCUT2D eigenvalue weighted by Gasteiger charge is -2.09. The first-order valence-electron chi connectivity index (χ1n) is 5.40. The lowest BCUT2D eigenvalue weighted by atomic mass is 9.98. The molecular weight excluding hydrogens is 270 g/mol. The van der Waals surface area contributed by atoms with Crippen LogP contribution < -0.4 is 0 Å². The number of halogens is 1. The van der Waals surface area contributed by atoms with Crippen molar-refractivity contribution in [3.8, 4) is 16.9 Å². The van der Waals surface area contributed by atoms with E-state index < -0.39 is 4.92 Å². The van der Waals surface area contributed by atoms with Crippen LogP contribution in [0, 0.1) is 10.1 Å². The number of nitro groups is 1. The van der Waals surface area contributed by atoms with E-state index in [-0.39, 0.29) is 23.1 Å². The Hall–Kier alpha value is -2.11. The molecule has 0 amide bonds. The SMILES string of the molecule is O=[N+]([O-])c1cc(Cl)ccc1-c1ccc(O)cc1CO. The van der Waals surface area contributed by atoms with Gasteiger partial charge in [0.15, 0.2) is 0 Å². The van der Waals surface area contributed by atoms with Gasteiger partial charge < -0.3 is 10.2 Å². The van der Waals surface area contributed by atoms with E-state index in [0.717, 1.165) is 0 Å². The Morgan fingerprint density at radius 3 is 2.47 bits per heavy atom. The average Bonchev–Trinajstić information content (AvgIpc) is 2.38. The number of aromatic hydroxyl groups is 1. The van der Waals surface area contributed by atoms with Crippen LogP contribution in [0.5, 0.6) is 5.75 Å². The van der Waals surface area contributed by atoms with Gasteiger partial charge in [-0.05, 0) is 35.4 Å². The normalized spacial score (nSPS) is 10.4. The Morgan fingerprint density at radius 2 is 1.84 bits per heavy atom. The largest absolute Gasteiger partial charge is 0.508 e. The van der Waals surface area contributed by atoms with Crippen molar-refractivity contribution in [2.75, 3.05) is 0 Å². The van der Waals surface area contributed by atoms with Crippen molar-refractivity contribution in [1.82, 2.24) is 0 Å². The zero-order valence-electron chi connectivity index (χ0n) is 9.71. The number of hydrogen-bond donors (Lipinski definition) is 2. The maximum atomic E-state index is 11.0. The third kappa shape index (κ3) is 2.67. The highest BCUT2D eigenvalue weighted by molar-refractivity contribution is 6.30. The van der Waals surface area contributed by atoms with E-state index in [1.807, 2.05) is 0 Å². The molecule has 19 heavy (non-hydrogen) atoms. The van der Waals surface area contributed by atoms with Crippen LogP contribution in [-0.2, 0) is 6.61 Å². The van der Waals surface area contributed by atoms with E-state index in [9.17, 15) is 20.3 Å². The van der Waals surface area contributed by atoms with Crippen molar-refractivity contribution in [2.24, 2.45) is 0 Å². The lowest BCUT2D eigenvalue weighted by Crippen LogP contribution is -1.95. The summed E-state index contributed by atoms with van der Waals surface area (Å²) in [6.45, 7) is -0.330. The number of phenolic OH excluding ortho intramolecular Hbond substituents is 1. The van der Waals surface area contributed by atoms with E-state index in [2.05, 4.69) is 0 Å². The first-order valence-corrected chi connectivity index (χ1v) is 5.78. The number of rotatable bonds is 3. The minimum Gasteiger partial charge on any atom is -0.508 e. The minimum atomic E-state index is -0.533.